The van der Waals surface area contributed by atoms with Crippen LogP contribution in [0, 0.1) is 12.8 Å². The molecule has 3 rings (SSSR count). The van der Waals surface area contributed by atoms with Gasteiger partial charge in [-0.25, -0.2) is 8.42 Å². The van der Waals surface area contributed by atoms with Crippen LogP contribution in [0.1, 0.15) is 38.3 Å². The molecule has 2 amide bonds. The summed E-state index contributed by atoms with van der Waals surface area (Å²) in [6.45, 7) is 7.58. The quantitative estimate of drug-likeness (QED) is 0.227. The fourth-order valence-electron chi connectivity index (χ4n) is 4.15. The van der Waals surface area contributed by atoms with Crippen LogP contribution in [0.2, 0.25) is 10.0 Å². The minimum absolute atomic E-state index is 0.0298. The highest BCUT2D eigenvalue weighted by Gasteiger charge is 2.33. The molecule has 1 atom stereocenters. The molecule has 220 valence electrons. The number of benzene rings is 3. The number of aryl methyl sites for hydroxylation is 1. The SMILES string of the molecule is CCC(C(=O)NCC(C)C)N(Cc1ccc(Cl)c(Cl)c1)C(=O)CN(c1ccc(Br)cc1)S(=O)(=O)c1ccc(C)cc1. The third kappa shape index (κ3) is 8.70. The average molecular weight is 683 g/mol. The van der Waals surface area contributed by atoms with Gasteiger partial charge >= 0.3 is 0 Å². The Bertz CT molecular complexity index is 1470. The topological polar surface area (TPSA) is 86.8 Å². The molecule has 1 unspecified atom stereocenters. The molecule has 0 aromatic heterocycles. The van der Waals surface area contributed by atoms with Crippen LogP contribution in [0.3, 0.4) is 0 Å². The summed E-state index contributed by atoms with van der Waals surface area (Å²) in [5, 5.41) is 3.58. The summed E-state index contributed by atoms with van der Waals surface area (Å²) in [6, 6.07) is 17.2. The van der Waals surface area contributed by atoms with Gasteiger partial charge in [-0.15, -0.1) is 0 Å². The number of rotatable bonds is 12. The zero-order valence-electron chi connectivity index (χ0n) is 23.4. The minimum Gasteiger partial charge on any atom is -0.354 e. The Morgan fingerprint density at radius 2 is 1.59 bits per heavy atom. The molecule has 0 aliphatic heterocycles. The highest BCUT2D eigenvalue weighted by Crippen LogP contribution is 2.28. The monoisotopic (exact) mass is 681 g/mol. The molecule has 0 bridgehead atoms. The van der Waals surface area contributed by atoms with E-state index in [-0.39, 0.29) is 23.3 Å². The molecule has 1 N–H and O–H groups in total. The molecule has 0 aliphatic rings. The van der Waals surface area contributed by atoms with Gasteiger partial charge in [-0.2, -0.15) is 0 Å². The summed E-state index contributed by atoms with van der Waals surface area (Å²) in [7, 11) is -4.14. The number of anilines is 1. The van der Waals surface area contributed by atoms with E-state index in [1.165, 1.54) is 17.0 Å². The van der Waals surface area contributed by atoms with Crippen LogP contribution in [0.25, 0.3) is 0 Å². The summed E-state index contributed by atoms with van der Waals surface area (Å²) in [5.41, 5.74) is 1.87. The van der Waals surface area contributed by atoms with Crippen molar-refractivity contribution in [3.05, 3.63) is 92.4 Å². The molecular formula is C30H34BrCl2N3O4S. The predicted octanol–water partition coefficient (Wildman–Crippen LogP) is 6.84. The number of nitrogens with zero attached hydrogens (tertiary/aromatic N) is 2. The molecule has 3 aromatic carbocycles. The molecule has 0 fully saturated rings. The normalized spacial score (nSPS) is 12.2. The van der Waals surface area contributed by atoms with Crippen LogP contribution < -0.4 is 9.62 Å². The van der Waals surface area contributed by atoms with Crippen molar-refractivity contribution in [2.45, 2.75) is 51.6 Å². The Labute approximate surface area is 261 Å². The second-order valence-electron chi connectivity index (χ2n) is 10.1. The van der Waals surface area contributed by atoms with Crippen LogP contribution in [0.4, 0.5) is 5.69 Å². The van der Waals surface area contributed by atoms with Crippen molar-refractivity contribution >= 4 is 66.7 Å². The number of nitrogens with one attached hydrogen (secondary N) is 1. The first-order valence-corrected chi connectivity index (χ1v) is 16.2. The fourth-order valence-corrected chi connectivity index (χ4v) is 6.15. The standard InChI is InChI=1S/C30H34BrCl2N3O4S/c1-5-28(30(38)34-17-20(2)3)35(18-22-8-15-26(32)27(33)16-22)29(37)19-36(24-11-9-23(31)10-12-24)41(39,40)25-13-6-21(4)7-14-25/h6-16,20,28H,5,17-19H2,1-4H3,(H,34,38). The maximum Gasteiger partial charge on any atom is 0.264 e. The van der Waals surface area contributed by atoms with Gasteiger partial charge in [0.1, 0.15) is 12.6 Å². The maximum absolute atomic E-state index is 14.1. The highest BCUT2D eigenvalue weighted by molar-refractivity contribution is 9.10. The average Bonchev–Trinajstić information content (AvgIpc) is 2.93. The first-order valence-electron chi connectivity index (χ1n) is 13.2. The number of hydrogen-bond donors (Lipinski definition) is 1. The van der Waals surface area contributed by atoms with E-state index in [0.717, 1.165) is 14.3 Å². The smallest absolute Gasteiger partial charge is 0.264 e. The summed E-state index contributed by atoms with van der Waals surface area (Å²) in [5.74, 6) is -0.643. The number of hydrogen-bond acceptors (Lipinski definition) is 4. The van der Waals surface area contributed by atoms with Gasteiger partial charge in [0.2, 0.25) is 11.8 Å². The maximum atomic E-state index is 14.1. The minimum atomic E-state index is -4.14. The van der Waals surface area contributed by atoms with E-state index < -0.39 is 28.5 Å². The number of carbonyl (C=O) groups excluding carboxylic acids is 2. The zero-order chi connectivity index (χ0) is 30.3. The van der Waals surface area contributed by atoms with Crippen molar-refractivity contribution < 1.29 is 18.0 Å². The van der Waals surface area contributed by atoms with Crippen molar-refractivity contribution in [2.24, 2.45) is 5.92 Å². The molecule has 0 radical (unpaired) electrons. The summed E-state index contributed by atoms with van der Waals surface area (Å²) in [6.07, 6.45) is 0.319. The Kier molecular flexibility index (Phi) is 11.7. The van der Waals surface area contributed by atoms with Gasteiger partial charge in [0, 0.05) is 17.6 Å². The Balaban J connectivity index is 2.05. The van der Waals surface area contributed by atoms with Crippen molar-refractivity contribution in [1.29, 1.82) is 0 Å². The van der Waals surface area contributed by atoms with Gasteiger partial charge in [0.25, 0.3) is 10.0 Å². The van der Waals surface area contributed by atoms with Crippen molar-refractivity contribution in [2.75, 3.05) is 17.4 Å². The lowest BCUT2D eigenvalue weighted by Crippen LogP contribution is -2.52. The molecule has 0 saturated carbocycles. The predicted molar refractivity (Wildman–Crippen MR) is 169 cm³/mol. The van der Waals surface area contributed by atoms with E-state index in [4.69, 9.17) is 23.2 Å². The Hall–Kier alpha value is -2.59. The molecule has 0 saturated heterocycles. The lowest BCUT2D eigenvalue weighted by atomic mass is 10.1. The molecule has 7 nitrogen and oxygen atoms in total. The van der Waals surface area contributed by atoms with Crippen LogP contribution >= 0.6 is 39.1 Å². The highest BCUT2D eigenvalue weighted by atomic mass is 79.9. The van der Waals surface area contributed by atoms with Gasteiger partial charge in [-0.3, -0.25) is 13.9 Å². The number of carbonyl (C=O) groups is 2. The lowest BCUT2D eigenvalue weighted by molar-refractivity contribution is -0.140. The number of halogens is 3. The van der Waals surface area contributed by atoms with E-state index >= 15 is 0 Å². The molecule has 3 aromatic rings. The summed E-state index contributed by atoms with van der Waals surface area (Å²) in [4.78, 5) is 28.8. The summed E-state index contributed by atoms with van der Waals surface area (Å²) >= 11 is 15.7. The molecule has 0 aliphatic carbocycles. The Morgan fingerprint density at radius 3 is 2.15 bits per heavy atom. The van der Waals surface area contributed by atoms with Gasteiger partial charge in [0.15, 0.2) is 0 Å². The lowest BCUT2D eigenvalue weighted by Gasteiger charge is -2.33. The number of sulfonamides is 1. The van der Waals surface area contributed by atoms with Gasteiger partial charge in [0.05, 0.1) is 20.6 Å². The number of amides is 2. The first kappa shape index (κ1) is 32.9. The van der Waals surface area contributed by atoms with Gasteiger partial charge < -0.3 is 10.2 Å². The first-order chi connectivity index (χ1) is 19.3. The second kappa shape index (κ2) is 14.5. The van der Waals surface area contributed by atoms with E-state index in [9.17, 15) is 18.0 Å². The molecule has 41 heavy (non-hydrogen) atoms. The van der Waals surface area contributed by atoms with E-state index in [0.29, 0.717) is 34.3 Å². The van der Waals surface area contributed by atoms with Crippen molar-refractivity contribution in [1.82, 2.24) is 10.2 Å². The van der Waals surface area contributed by atoms with Crippen molar-refractivity contribution in [3.8, 4) is 0 Å². The van der Waals surface area contributed by atoms with Crippen LogP contribution in [-0.2, 0) is 26.2 Å². The van der Waals surface area contributed by atoms with Crippen LogP contribution in [-0.4, -0.2) is 44.3 Å². The van der Waals surface area contributed by atoms with Gasteiger partial charge in [-0.1, -0.05) is 83.7 Å². The third-order valence-electron chi connectivity index (χ3n) is 6.41. The third-order valence-corrected chi connectivity index (χ3v) is 9.47. The summed E-state index contributed by atoms with van der Waals surface area (Å²) < 4.78 is 29.7. The molecule has 11 heteroatoms. The largest absolute Gasteiger partial charge is 0.354 e. The fraction of sp³-hybridized carbons (Fsp3) is 0.333. The Morgan fingerprint density at radius 1 is 0.951 bits per heavy atom. The zero-order valence-corrected chi connectivity index (χ0v) is 27.3. The van der Waals surface area contributed by atoms with E-state index in [1.807, 2.05) is 27.7 Å². The molecule has 0 spiro atoms. The molecular weight excluding hydrogens is 649 g/mol. The van der Waals surface area contributed by atoms with Crippen LogP contribution in [0.5, 0.6) is 0 Å². The van der Waals surface area contributed by atoms with Gasteiger partial charge in [-0.05, 0) is 73.4 Å². The molecule has 0 heterocycles. The van der Waals surface area contributed by atoms with Crippen LogP contribution in [0.15, 0.2) is 76.1 Å². The van der Waals surface area contributed by atoms with E-state index in [1.54, 1.807) is 54.6 Å². The second-order valence-corrected chi connectivity index (χ2v) is 13.7. The van der Waals surface area contributed by atoms with E-state index in [2.05, 4.69) is 21.2 Å². The van der Waals surface area contributed by atoms with Crippen molar-refractivity contribution in [3.63, 3.8) is 0 Å².